The fraction of sp³-hybridized carbons (Fsp3) is 0.533. The summed E-state index contributed by atoms with van der Waals surface area (Å²) in [4.78, 5) is 13.3. The molecular formula is C15H23NO2. The molecule has 0 heterocycles. The molecule has 1 aromatic carbocycles. The summed E-state index contributed by atoms with van der Waals surface area (Å²) >= 11 is 0. The van der Waals surface area contributed by atoms with E-state index in [2.05, 4.69) is 42.5 Å². The van der Waals surface area contributed by atoms with Crippen LogP contribution in [0.25, 0.3) is 0 Å². The molecule has 1 rings (SSSR count). The Morgan fingerprint density at radius 2 is 1.78 bits per heavy atom. The van der Waals surface area contributed by atoms with E-state index >= 15 is 0 Å². The topological polar surface area (TPSA) is 29.5 Å². The van der Waals surface area contributed by atoms with E-state index in [1.165, 1.54) is 29.4 Å². The highest BCUT2D eigenvalue weighted by Crippen LogP contribution is 2.17. The molecule has 3 nitrogen and oxygen atoms in total. The number of carbonyl (C=O) groups excluding carboxylic acids is 1. The first-order chi connectivity index (χ1) is 8.43. The van der Waals surface area contributed by atoms with Crippen LogP contribution in [0.2, 0.25) is 0 Å². The molecule has 18 heavy (non-hydrogen) atoms. The number of benzene rings is 1. The Morgan fingerprint density at radius 1 is 1.22 bits per heavy atom. The number of methoxy groups -OCH3 is 1. The highest BCUT2D eigenvalue weighted by molar-refractivity contribution is 5.69. The van der Waals surface area contributed by atoms with Gasteiger partial charge in [-0.05, 0) is 44.5 Å². The van der Waals surface area contributed by atoms with Crippen LogP contribution in [0.3, 0.4) is 0 Å². The lowest BCUT2D eigenvalue weighted by atomic mass is 9.99. The lowest BCUT2D eigenvalue weighted by Gasteiger charge is -2.19. The molecule has 0 unspecified atom stereocenters. The zero-order chi connectivity index (χ0) is 13.7. The third-order valence-electron chi connectivity index (χ3n) is 3.19. The van der Waals surface area contributed by atoms with Crippen molar-refractivity contribution in [1.29, 1.82) is 0 Å². The summed E-state index contributed by atoms with van der Waals surface area (Å²) in [7, 11) is 3.46. The van der Waals surface area contributed by atoms with Gasteiger partial charge in [0.15, 0.2) is 0 Å². The smallest absolute Gasteiger partial charge is 0.306 e. The Morgan fingerprint density at radius 3 is 2.28 bits per heavy atom. The number of nitrogens with zero attached hydrogens (tertiary/aromatic N) is 1. The number of ether oxygens (including phenoxy) is 1. The maximum Gasteiger partial charge on any atom is 0.306 e. The van der Waals surface area contributed by atoms with E-state index in [-0.39, 0.29) is 5.97 Å². The van der Waals surface area contributed by atoms with E-state index in [4.69, 9.17) is 0 Å². The van der Waals surface area contributed by atoms with Crippen molar-refractivity contribution in [2.24, 2.45) is 0 Å². The van der Waals surface area contributed by atoms with Gasteiger partial charge in [0.25, 0.3) is 0 Å². The van der Waals surface area contributed by atoms with Crippen molar-refractivity contribution in [2.75, 3.05) is 20.7 Å². The monoisotopic (exact) mass is 249 g/mol. The molecule has 3 heteroatoms. The van der Waals surface area contributed by atoms with Crippen molar-refractivity contribution in [3.05, 3.63) is 34.4 Å². The Labute approximate surface area is 110 Å². The van der Waals surface area contributed by atoms with E-state index < -0.39 is 0 Å². The molecule has 0 bridgehead atoms. The van der Waals surface area contributed by atoms with Gasteiger partial charge in [0.2, 0.25) is 0 Å². The summed E-state index contributed by atoms with van der Waals surface area (Å²) in [5.41, 5.74) is 5.29. The molecule has 0 aliphatic rings. The van der Waals surface area contributed by atoms with Crippen LogP contribution >= 0.6 is 0 Å². The molecule has 0 aliphatic heterocycles. The van der Waals surface area contributed by atoms with Gasteiger partial charge >= 0.3 is 5.97 Å². The summed E-state index contributed by atoms with van der Waals surface area (Å²) in [5.74, 6) is -0.154. The molecule has 0 saturated carbocycles. The minimum absolute atomic E-state index is 0.154. The number of esters is 1. The molecule has 0 aliphatic carbocycles. The van der Waals surface area contributed by atoms with E-state index in [1.54, 1.807) is 0 Å². The second kappa shape index (κ2) is 6.55. The van der Waals surface area contributed by atoms with Crippen molar-refractivity contribution in [1.82, 2.24) is 4.90 Å². The maximum atomic E-state index is 11.1. The van der Waals surface area contributed by atoms with Crippen molar-refractivity contribution in [3.8, 4) is 0 Å². The quantitative estimate of drug-likeness (QED) is 0.751. The fourth-order valence-electron chi connectivity index (χ4n) is 2.19. The zero-order valence-corrected chi connectivity index (χ0v) is 12.0. The molecule has 0 fully saturated rings. The number of rotatable bonds is 5. The second-order valence-electron chi connectivity index (χ2n) is 4.94. The van der Waals surface area contributed by atoms with E-state index in [1.807, 2.05) is 7.05 Å². The van der Waals surface area contributed by atoms with Crippen LogP contribution in [0.4, 0.5) is 0 Å². The van der Waals surface area contributed by atoms with Gasteiger partial charge in [-0.1, -0.05) is 17.7 Å². The SMILES string of the molecule is COC(=O)CCN(C)Cc1c(C)cc(C)cc1C. The molecule has 0 aromatic heterocycles. The highest BCUT2D eigenvalue weighted by atomic mass is 16.5. The minimum Gasteiger partial charge on any atom is -0.469 e. The van der Waals surface area contributed by atoms with Gasteiger partial charge in [0.05, 0.1) is 13.5 Å². The maximum absolute atomic E-state index is 11.1. The lowest BCUT2D eigenvalue weighted by molar-refractivity contribution is -0.140. The number of aryl methyl sites for hydroxylation is 3. The van der Waals surface area contributed by atoms with Crippen LogP contribution in [0.15, 0.2) is 12.1 Å². The zero-order valence-electron chi connectivity index (χ0n) is 12.0. The average Bonchev–Trinajstić information content (AvgIpc) is 2.30. The first-order valence-corrected chi connectivity index (χ1v) is 6.26. The Balaban J connectivity index is 2.64. The third kappa shape index (κ3) is 4.15. The Kier molecular flexibility index (Phi) is 5.35. The fourth-order valence-corrected chi connectivity index (χ4v) is 2.19. The second-order valence-corrected chi connectivity index (χ2v) is 4.94. The van der Waals surface area contributed by atoms with Crippen molar-refractivity contribution < 1.29 is 9.53 Å². The van der Waals surface area contributed by atoms with Gasteiger partial charge in [0.1, 0.15) is 0 Å². The van der Waals surface area contributed by atoms with Crippen molar-refractivity contribution in [2.45, 2.75) is 33.7 Å². The van der Waals surface area contributed by atoms with Crippen LogP contribution in [0, 0.1) is 20.8 Å². The first kappa shape index (κ1) is 14.7. The van der Waals surface area contributed by atoms with Crippen LogP contribution in [0.1, 0.15) is 28.7 Å². The molecule has 0 atom stereocenters. The molecule has 0 saturated heterocycles. The van der Waals surface area contributed by atoms with Gasteiger partial charge in [-0.2, -0.15) is 0 Å². The number of hydrogen-bond acceptors (Lipinski definition) is 3. The van der Waals surface area contributed by atoms with Crippen molar-refractivity contribution >= 4 is 5.97 Å². The molecule has 0 spiro atoms. The van der Waals surface area contributed by atoms with Crippen LogP contribution in [-0.4, -0.2) is 31.6 Å². The molecule has 0 amide bonds. The normalized spacial score (nSPS) is 10.8. The summed E-state index contributed by atoms with van der Waals surface area (Å²) in [6.45, 7) is 7.99. The summed E-state index contributed by atoms with van der Waals surface area (Å²) in [6.07, 6.45) is 0.441. The van der Waals surface area contributed by atoms with Gasteiger partial charge in [0, 0.05) is 13.1 Å². The third-order valence-corrected chi connectivity index (χ3v) is 3.19. The van der Waals surface area contributed by atoms with Gasteiger partial charge in [-0.25, -0.2) is 0 Å². The van der Waals surface area contributed by atoms with E-state index in [9.17, 15) is 4.79 Å². The number of hydrogen-bond donors (Lipinski definition) is 0. The molecule has 1 aromatic rings. The molecular weight excluding hydrogens is 226 g/mol. The molecule has 0 radical (unpaired) electrons. The van der Waals surface area contributed by atoms with Gasteiger partial charge < -0.3 is 9.64 Å². The first-order valence-electron chi connectivity index (χ1n) is 6.26. The predicted molar refractivity (Wildman–Crippen MR) is 73.6 cm³/mol. The highest BCUT2D eigenvalue weighted by Gasteiger charge is 2.09. The Bertz CT molecular complexity index is 403. The van der Waals surface area contributed by atoms with Crippen LogP contribution < -0.4 is 0 Å². The van der Waals surface area contributed by atoms with Gasteiger partial charge in [-0.15, -0.1) is 0 Å². The number of carbonyl (C=O) groups is 1. The van der Waals surface area contributed by atoms with E-state index in [0.29, 0.717) is 6.42 Å². The summed E-state index contributed by atoms with van der Waals surface area (Å²) < 4.78 is 4.65. The van der Waals surface area contributed by atoms with Crippen LogP contribution in [0.5, 0.6) is 0 Å². The standard InChI is InChI=1S/C15H23NO2/c1-11-8-12(2)14(13(3)9-11)10-16(4)7-6-15(17)18-5/h8-9H,6-7,10H2,1-5H3. The average molecular weight is 249 g/mol. The predicted octanol–water partition coefficient (Wildman–Crippen LogP) is 2.61. The summed E-state index contributed by atoms with van der Waals surface area (Å²) in [5, 5.41) is 0. The molecule has 100 valence electrons. The largest absolute Gasteiger partial charge is 0.469 e. The summed E-state index contributed by atoms with van der Waals surface area (Å²) in [6, 6.07) is 4.41. The van der Waals surface area contributed by atoms with Crippen LogP contribution in [-0.2, 0) is 16.1 Å². The lowest BCUT2D eigenvalue weighted by Crippen LogP contribution is -2.22. The molecule has 0 N–H and O–H groups in total. The minimum atomic E-state index is -0.154. The van der Waals surface area contributed by atoms with E-state index in [0.717, 1.165) is 13.1 Å². The van der Waals surface area contributed by atoms with Crippen molar-refractivity contribution in [3.63, 3.8) is 0 Å². The Hall–Kier alpha value is -1.35. The van der Waals surface area contributed by atoms with Gasteiger partial charge in [-0.3, -0.25) is 4.79 Å².